The van der Waals surface area contributed by atoms with E-state index in [-0.39, 0.29) is 5.92 Å². The maximum absolute atomic E-state index is 11.0. The second-order valence-electron chi connectivity index (χ2n) is 3.30. The van der Waals surface area contributed by atoms with Gasteiger partial charge in [-0.15, -0.1) is 0 Å². The molecule has 1 atom stereocenters. The molecule has 0 aliphatic heterocycles. The van der Waals surface area contributed by atoms with Crippen molar-refractivity contribution in [2.45, 2.75) is 38.7 Å². The third-order valence-electron chi connectivity index (χ3n) is 2.05. The van der Waals surface area contributed by atoms with Crippen molar-refractivity contribution in [1.29, 1.82) is 0 Å². The summed E-state index contributed by atoms with van der Waals surface area (Å²) in [6.07, 6.45) is 2.95. The molecule has 1 aliphatic carbocycles. The molecule has 0 amide bonds. The number of rotatable bonds is 5. The molecular weight excluding hydrogens is 156 g/mol. The number of hydrogen-bond acceptors (Lipinski definition) is 3. The maximum Gasteiger partial charge on any atom is 0.335 e. The van der Waals surface area contributed by atoms with Crippen LogP contribution in [0.25, 0.3) is 0 Å². The SMILES string of the molecule is CCCCOC(=O)C(O)C1CC1. The molecule has 1 unspecified atom stereocenters. The minimum Gasteiger partial charge on any atom is -0.464 e. The molecule has 0 aromatic carbocycles. The van der Waals surface area contributed by atoms with Crippen molar-refractivity contribution in [2.24, 2.45) is 5.92 Å². The Hall–Kier alpha value is -0.570. The number of esters is 1. The van der Waals surface area contributed by atoms with Gasteiger partial charge in [0.15, 0.2) is 6.10 Å². The third-order valence-corrected chi connectivity index (χ3v) is 2.05. The van der Waals surface area contributed by atoms with E-state index in [9.17, 15) is 9.90 Å². The van der Waals surface area contributed by atoms with Crippen LogP contribution in [-0.2, 0) is 9.53 Å². The highest BCUT2D eigenvalue weighted by atomic mass is 16.5. The number of hydrogen-bond donors (Lipinski definition) is 1. The van der Waals surface area contributed by atoms with E-state index in [0.717, 1.165) is 25.7 Å². The average Bonchev–Trinajstić information content (AvgIpc) is 2.86. The first-order valence-corrected chi connectivity index (χ1v) is 4.60. The molecule has 0 aromatic heterocycles. The van der Waals surface area contributed by atoms with Crippen LogP contribution >= 0.6 is 0 Å². The van der Waals surface area contributed by atoms with Crippen LogP contribution in [0.2, 0.25) is 0 Å². The molecule has 12 heavy (non-hydrogen) atoms. The summed E-state index contributed by atoms with van der Waals surface area (Å²) in [6, 6.07) is 0. The lowest BCUT2D eigenvalue weighted by molar-refractivity contribution is -0.154. The van der Waals surface area contributed by atoms with Crippen molar-refractivity contribution < 1.29 is 14.6 Å². The fraction of sp³-hybridized carbons (Fsp3) is 0.889. The van der Waals surface area contributed by atoms with Gasteiger partial charge in [0, 0.05) is 0 Å². The fourth-order valence-corrected chi connectivity index (χ4v) is 1.01. The van der Waals surface area contributed by atoms with E-state index in [1.165, 1.54) is 0 Å². The summed E-state index contributed by atoms with van der Waals surface area (Å²) in [4.78, 5) is 11.0. The Labute approximate surface area is 72.7 Å². The predicted molar refractivity (Wildman–Crippen MR) is 44.6 cm³/mol. The number of unbranched alkanes of at least 4 members (excludes halogenated alkanes) is 1. The summed E-state index contributed by atoms with van der Waals surface area (Å²) >= 11 is 0. The molecule has 0 saturated heterocycles. The Morgan fingerprint density at radius 2 is 2.33 bits per heavy atom. The number of aliphatic hydroxyl groups is 1. The molecule has 0 heterocycles. The van der Waals surface area contributed by atoms with Gasteiger partial charge < -0.3 is 9.84 Å². The van der Waals surface area contributed by atoms with E-state index in [0.29, 0.717) is 6.61 Å². The van der Waals surface area contributed by atoms with Gasteiger partial charge in [0.05, 0.1) is 6.61 Å². The quantitative estimate of drug-likeness (QED) is 0.499. The van der Waals surface area contributed by atoms with Crippen molar-refractivity contribution in [3.05, 3.63) is 0 Å². The van der Waals surface area contributed by atoms with Crippen LogP contribution in [0.1, 0.15) is 32.6 Å². The van der Waals surface area contributed by atoms with Crippen LogP contribution in [0.3, 0.4) is 0 Å². The molecule has 70 valence electrons. The smallest absolute Gasteiger partial charge is 0.335 e. The molecule has 3 heteroatoms. The first-order chi connectivity index (χ1) is 5.75. The van der Waals surface area contributed by atoms with E-state index in [4.69, 9.17) is 4.74 Å². The highest BCUT2D eigenvalue weighted by molar-refractivity contribution is 5.75. The highest BCUT2D eigenvalue weighted by Crippen LogP contribution is 2.32. The van der Waals surface area contributed by atoms with E-state index < -0.39 is 12.1 Å². The van der Waals surface area contributed by atoms with Crippen LogP contribution in [0.4, 0.5) is 0 Å². The van der Waals surface area contributed by atoms with Crippen LogP contribution in [0.5, 0.6) is 0 Å². The van der Waals surface area contributed by atoms with Crippen molar-refractivity contribution in [1.82, 2.24) is 0 Å². The Balaban J connectivity index is 2.09. The van der Waals surface area contributed by atoms with Crippen LogP contribution in [0, 0.1) is 5.92 Å². The number of ether oxygens (including phenoxy) is 1. The zero-order valence-electron chi connectivity index (χ0n) is 7.45. The summed E-state index contributed by atoms with van der Waals surface area (Å²) in [5.74, 6) is -0.259. The second kappa shape index (κ2) is 4.45. The van der Waals surface area contributed by atoms with Gasteiger partial charge in [-0.1, -0.05) is 13.3 Å². The largest absolute Gasteiger partial charge is 0.464 e. The summed E-state index contributed by atoms with van der Waals surface area (Å²) in [5.41, 5.74) is 0. The van der Waals surface area contributed by atoms with Gasteiger partial charge in [0.2, 0.25) is 0 Å². The van der Waals surface area contributed by atoms with Crippen molar-refractivity contribution in [3.63, 3.8) is 0 Å². The lowest BCUT2D eigenvalue weighted by Crippen LogP contribution is -2.25. The van der Waals surface area contributed by atoms with Crippen molar-refractivity contribution in [3.8, 4) is 0 Å². The van der Waals surface area contributed by atoms with E-state index in [1.54, 1.807) is 0 Å². The predicted octanol–water partition coefficient (Wildman–Crippen LogP) is 1.10. The van der Waals surface area contributed by atoms with Gasteiger partial charge in [-0.3, -0.25) is 0 Å². The normalized spacial score (nSPS) is 18.8. The lowest BCUT2D eigenvalue weighted by Gasteiger charge is -2.08. The van der Waals surface area contributed by atoms with Gasteiger partial charge in [0.25, 0.3) is 0 Å². The van der Waals surface area contributed by atoms with Gasteiger partial charge >= 0.3 is 5.97 Å². The first-order valence-electron chi connectivity index (χ1n) is 4.60. The maximum atomic E-state index is 11.0. The summed E-state index contributed by atoms with van der Waals surface area (Å²) in [6.45, 7) is 2.48. The highest BCUT2D eigenvalue weighted by Gasteiger charge is 2.35. The molecule has 3 nitrogen and oxygen atoms in total. The van der Waals surface area contributed by atoms with Crippen LogP contribution in [0.15, 0.2) is 0 Å². The van der Waals surface area contributed by atoms with E-state index >= 15 is 0 Å². The third kappa shape index (κ3) is 2.81. The topological polar surface area (TPSA) is 46.5 Å². The monoisotopic (exact) mass is 172 g/mol. The number of aliphatic hydroxyl groups excluding tert-OH is 1. The molecule has 1 fully saturated rings. The molecule has 0 spiro atoms. The van der Waals surface area contributed by atoms with Gasteiger partial charge in [-0.25, -0.2) is 4.79 Å². The second-order valence-corrected chi connectivity index (χ2v) is 3.30. The van der Waals surface area contributed by atoms with Crippen LogP contribution in [-0.4, -0.2) is 23.8 Å². The molecule has 1 N–H and O–H groups in total. The zero-order chi connectivity index (χ0) is 8.97. The minimum atomic E-state index is -0.859. The Morgan fingerprint density at radius 1 is 1.67 bits per heavy atom. The Morgan fingerprint density at radius 3 is 2.83 bits per heavy atom. The van der Waals surface area contributed by atoms with Crippen LogP contribution < -0.4 is 0 Å². The minimum absolute atomic E-state index is 0.180. The number of carbonyl (C=O) groups is 1. The zero-order valence-corrected chi connectivity index (χ0v) is 7.45. The fourth-order valence-electron chi connectivity index (χ4n) is 1.01. The van der Waals surface area contributed by atoms with Crippen molar-refractivity contribution >= 4 is 5.97 Å². The molecule has 1 rings (SSSR count). The number of carbonyl (C=O) groups excluding carboxylic acids is 1. The van der Waals surface area contributed by atoms with Gasteiger partial charge in [0.1, 0.15) is 0 Å². The Kier molecular flexibility index (Phi) is 3.53. The molecular formula is C9H16O3. The van der Waals surface area contributed by atoms with Crippen molar-refractivity contribution in [2.75, 3.05) is 6.61 Å². The molecule has 0 radical (unpaired) electrons. The molecule has 1 aliphatic rings. The molecule has 1 saturated carbocycles. The average molecular weight is 172 g/mol. The summed E-state index contributed by atoms with van der Waals surface area (Å²) < 4.78 is 4.86. The van der Waals surface area contributed by atoms with E-state index in [2.05, 4.69) is 0 Å². The molecule has 0 aromatic rings. The van der Waals surface area contributed by atoms with Gasteiger partial charge in [-0.05, 0) is 25.2 Å². The first kappa shape index (κ1) is 9.52. The van der Waals surface area contributed by atoms with Gasteiger partial charge in [-0.2, -0.15) is 0 Å². The Bertz CT molecular complexity index is 152. The summed E-state index contributed by atoms with van der Waals surface area (Å²) in [5, 5.41) is 9.28. The molecule has 0 bridgehead atoms. The standard InChI is InChI=1S/C9H16O3/c1-2-3-6-12-9(11)8(10)7-4-5-7/h7-8,10H,2-6H2,1H3. The van der Waals surface area contributed by atoms with E-state index in [1.807, 2.05) is 6.92 Å². The lowest BCUT2D eigenvalue weighted by atomic mass is 10.2. The summed E-state index contributed by atoms with van der Waals surface area (Å²) in [7, 11) is 0.